The Morgan fingerprint density at radius 1 is 1.04 bits per heavy atom. The number of fused-ring (bicyclic) bond motifs is 1. The van der Waals surface area contributed by atoms with Crippen molar-refractivity contribution in [3.63, 3.8) is 0 Å². The zero-order valence-corrected chi connectivity index (χ0v) is 14.1. The van der Waals surface area contributed by atoms with Gasteiger partial charge in [-0.1, -0.05) is 30.3 Å². The number of aromatic nitrogens is 1. The quantitative estimate of drug-likeness (QED) is 0.924. The van der Waals surface area contributed by atoms with Crippen LogP contribution in [0.5, 0.6) is 0 Å². The first kappa shape index (κ1) is 15.2. The van der Waals surface area contributed by atoms with E-state index in [0.717, 1.165) is 50.3 Å². The maximum Gasteiger partial charge on any atom is 0.270 e. The SMILES string of the molecule is CN1CCN(C(=O)c2cc3c([nH]2)CCC(c2ccccc2)=C3)CC1. The summed E-state index contributed by atoms with van der Waals surface area (Å²) in [7, 11) is 2.10. The van der Waals surface area contributed by atoms with Crippen molar-refractivity contribution in [2.45, 2.75) is 12.8 Å². The zero-order valence-electron chi connectivity index (χ0n) is 14.1. The number of hydrogen-bond acceptors (Lipinski definition) is 2. The summed E-state index contributed by atoms with van der Waals surface area (Å²) in [6, 6.07) is 12.5. The predicted molar refractivity (Wildman–Crippen MR) is 96.8 cm³/mol. The lowest BCUT2D eigenvalue weighted by Gasteiger charge is -2.32. The van der Waals surface area contributed by atoms with Gasteiger partial charge < -0.3 is 14.8 Å². The van der Waals surface area contributed by atoms with Gasteiger partial charge in [0.25, 0.3) is 5.91 Å². The van der Waals surface area contributed by atoms with Crippen LogP contribution in [0.3, 0.4) is 0 Å². The Kier molecular flexibility index (Phi) is 3.98. The van der Waals surface area contributed by atoms with E-state index < -0.39 is 0 Å². The van der Waals surface area contributed by atoms with Crippen molar-refractivity contribution in [1.82, 2.24) is 14.8 Å². The van der Waals surface area contributed by atoms with Gasteiger partial charge in [0, 0.05) is 31.9 Å². The molecule has 2 heterocycles. The van der Waals surface area contributed by atoms with Gasteiger partial charge in [-0.2, -0.15) is 0 Å². The van der Waals surface area contributed by atoms with Gasteiger partial charge >= 0.3 is 0 Å². The van der Waals surface area contributed by atoms with E-state index in [2.05, 4.69) is 47.3 Å². The number of aromatic amines is 1. The summed E-state index contributed by atoms with van der Waals surface area (Å²) in [5.74, 6) is 0.132. The van der Waals surface area contributed by atoms with E-state index in [4.69, 9.17) is 0 Å². The van der Waals surface area contributed by atoms with Gasteiger partial charge in [-0.3, -0.25) is 4.79 Å². The van der Waals surface area contributed by atoms with Gasteiger partial charge in [0.15, 0.2) is 0 Å². The summed E-state index contributed by atoms with van der Waals surface area (Å²) in [5, 5.41) is 0. The highest BCUT2D eigenvalue weighted by molar-refractivity contribution is 5.95. The topological polar surface area (TPSA) is 39.3 Å². The first-order valence-corrected chi connectivity index (χ1v) is 8.66. The van der Waals surface area contributed by atoms with Crippen molar-refractivity contribution in [2.24, 2.45) is 0 Å². The summed E-state index contributed by atoms with van der Waals surface area (Å²) in [6.07, 6.45) is 4.21. The van der Waals surface area contributed by atoms with Crippen LogP contribution in [0.25, 0.3) is 11.6 Å². The minimum Gasteiger partial charge on any atom is -0.354 e. The molecule has 24 heavy (non-hydrogen) atoms. The van der Waals surface area contributed by atoms with E-state index in [1.807, 2.05) is 17.0 Å². The fraction of sp³-hybridized carbons (Fsp3) is 0.350. The van der Waals surface area contributed by atoms with Gasteiger partial charge in [-0.05, 0) is 48.7 Å². The number of carbonyl (C=O) groups excluding carboxylic acids is 1. The maximum atomic E-state index is 12.7. The van der Waals surface area contributed by atoms with Crippen LogP contribution >= 0.6 is 0 Å². The average molecular weight is 321 g/mol. The molecule has 1 aliphatic heterocycles. The van der Waals surface area contributed by atoms with Gasteiger partial charge in [0.2, 0.25) is 0 Å². The van der Waals surface area contributed by atoms with Gasteiger partial charge in [-0.15, -0.1) is 0 Å². The van der Waals surface area contributed by atoms with Crippen LogP contribution < -0.4 is 0 Å². The van der Waals surface area contributed by atoms with E-state index in [-0.39, 0.29) is 5.91 Å². The van der Waals surface area contributed by atoms with E-state index in [9.17, 15) is 4.79 Å². The third-order valence-corrected chi connectivity index (χ3v) is 5.07. The average Bonchev–Trinajstić information content (AvgIpc) is 3.06. The summed E-state index contributed by atoms with van der Waals surface area (Å²) < 4.78 is 0. The maximum absolute atomic E-state index is 12.7. The molecule has 1 aromatic carbocycles. The molecule has 124 valence electrons. The lowest BCUT2D eigenvalue weighted by atomic mass is 9.93. The highest BCUT2D eigenvalue weighted by atomic mass is 16.2. The van der Waals surface area contributed by atoms with E-state index in [0.29, 0.717) is 0 Å². The first-order valence-electron chi connectivity index (χ1n) is 8.66. The van der Waals surface area contributed by atoms with Crippen molar-refractivity contribution in [2.75, 3.05) is 33.2 Å². The molecule has 2 aromatic rings. The van der Waals surface area contributed by atoms with Gasteiger partial charge in [0.1, 0.15) is 5.69 Å². The molecule has 0 unspecified atom stereocenters. The summed E-state index contributed by atoms with van der Waals surface area (Å²) >= 11 is 0. The molecule has 0 saturated carbocycles. The second-order valence-electron chi connectivity index (χ2n) is 6.75. The number of piperazine rings is 1. The molecule has 0 atom stereocenters. The molecule has 1 saturated heterocycles. The fourth-order valence-corrected chi connectivity index (χ4v) is 3.54. The second kappa shape index (κ2) is 6.29. The molecular weight excluding hydrogens is 298 g/mol. The Hall–Kier alpha value is -2.33. The molecule has 1 aromatic heterocycles. The molecule has 2 aliphatic rings. The van der Waals surface area contributed by atoms with Crippen molar-refractivity contribution >= 4 is 17.6 Å². The minimum absolute atomic E-state index is 0.132. The van der Waals surface area contributed by atoms with Crippen LogP contribution in [0.4, 0.5) is 0 Å². The van der Waals surface area contributed by atoms with Gasteiger partial charge in [0.05, 0.1) is 0 Å². The lowest BCUT2D eigenvalue weighted by molar-refractivity contribution is 0.0659. The molecule has 1 fully saturated rings. The number of H-pyrrole nitrogens is 1. The highest BCUT2D eigenvalue weighted by Crippen LogP contribution is 2.30. The van der Waals surface area contributed by atoms with Gasteiger partial charge in [-0.25, -0.2) is 0 Å². The standard InChI is InChI=1S/C20H23N3O/c1-22-9-11-23(12-10-22)20(24)19-14-17-13-16(7-8-18(17)21-19)15-5-3-2-4-6-15/h2-6,13-14,21H,7-12H2,1H3. The predicted octanol–water partition coefficient (Wildman–Crippen LogP) is 2.89. The normalized spacial score (nSPS) is 18.2. The Morgan fingerprint density at radius 2 is 1.79 bits per heavy atom. The molecule has 0 spiro atoms. The monoisotopic (exact) mass is 321 g/mol. The van der Waals surface area contributed by atoms with Crippen molar-refractivity contribution in [3.05, 3.63) is 58.9 Å². The summed E-state index contributed by atoms with van der Waals surface area (Å²) in [4.78, 5) is 20.3. The summed E-state index contributed by atoms with van der Waals surface area (Å²) in [6.45, 7) is 3.52. The molecule has 4 rings (SSSR count). The zero-order chi connectivity index (χ0) is 16.5. The van der Waals surface area contributed by atoms with E-state index in [1.165, 1.54) is 16.8 Å². The molecule has 0 radical (unpaired) electrons. The van der Waals surface area contributed by atoms with Crippen LogP contribution in [-0.4, -0.2) is 53.9 Å². The van der Waals surface area contributed by atoms with Crippen molar-refractivity contribution < 1.29 is 4.79 Å². The minimum atomic E-state index is 0.132. The van der Waals surface area contributed by atoms with Crippen LogP contribution in [0.2, 0.25) is 0 Å². The number of amides is 1. The molecule has 0 bridgehead atoms. The largest absolute Gasteiger partial charge is 0.354 e. The number of nitrogens with one attached hydrogen (secondary N) is 1. The molecular formula is C20H23N3O. The number of allylic oxidation sites excluding steroid dienone is 1. The molecule has 4 heteroatoms. The van der Waals surface area contributed by atoms with E-state index in [1.54, 1.807) is 0 Å². The number of benzene rings is 1. The lowest BCUT2D eigenvalue weighted by Crippen LogP contribution is -2.47. The number of rotatable bonds is 2. The first-order chi connectivity index (χ1) is 11.7. The molecule has 4 nitrogen and oxygen atoms in total. The Morgan fingerprint density at radius 3 is 2.54 bits per heavy atom. The Labute approximate surface area is 142 Å². The number of nitrogens with zero attached hydrogens (tertiary/aromatic N) is 2. The van der Waals surface area contributed by atoms with Crippen molar-refractivity contribution in [1.29, 1.82) is 0 Å². The smallest absolute Gasteiger partial charge is 0.270 e. The number of hydrogen-bond donors (Lipinski definition) is 1. The fourth-order valence-electron chi connectivity index (χ4n) is 3.54. The number of likely N-dealkylation sites (N-methyl/N-ethyl adjacent to an activating group) is 1. The Bertz CT molecular complexity index is 767. The van der Waals surface area contributed by atoms with Crippen molar-refractivity contribution in [3.8, 4) is 0 Å². The third kappa shape index (κ3) is 2.89. The molecule has 1 amide bonds. The number of carbonyl (C=O) groups is 1. The second-order valence-corrected chi connectivity index (χ2v) is 6.75. The van der Waals surface area contributed by atoms with E-state index >= 15 is 0 Å². The summed E-state index contributed by atoms with van der Waals surface area (Å²) in [5.41, 5.74) is 5.71. The number of aryl methyl sites for hydroxylation is 1. The van der Waals surface area contributed by atoms with Crippen LogP contribution in [0, 0.1) is 0 Å². The van der Waals surface area contributed by atoms with Crippen LogP contribution in [0.1, 0.15) is 33.7 Å². The molecule has 1 N–H and O–H groups in total. The third-order valence-electron chi connectivity index (χ3n) is 5.07. The highest BCUT2D eigenvalue weighted by Gasteiger charge is 2.23. The Balaban J connectivity index is 1.56. The molecule has 1 aliphatic carbocycles. The van der Waals surface area contributed by atoms with Crippen LogP contribution in [-0.2, 0) is 6.42 Å². The van der Waals surface area contributed by atoms with Crippen LogP contribution in [0.15, 0.2) is 36.4 Å².